The number of furan rings is 1. The number of fused-ring (bicyclic) bond motifs is 1. The summed E-state index contributed by atoms with van der Waals surface area (Å²) in [7, 11) is 4.50. The predicted molar refractivity (Wildman–Crippen MR) is 141 cm³/mol. The molecule has 0 amide bonds. The molecular weight excluding hydrogens is 620 g/mol. The van der Waals surface area contributed by atoms with Gasteiger partial charge in [-0.1, -0.05) is 11.3 Å². The minimum Gasteiger partial charge on any atom is -0.493 e. The number of benzene rings is 1. The van der Waals surface area contributed by atoms with Gasteiger partial charge in [0.1, 0.15) is 5.76 Å². The van der Waals surface area contributed by atoms with E-state index in [0.29, 0.717) is 48.3 Å². The lowest BCUT2D eigenvalue weighted by atomic mass is 9.95. The highest BCUT2D eigenvalue weighted by molar-refractivity contribution is 9.13. The van der Waals surface area contributed by atoms with Crippen molar-refractivity contribution in [2.75, 3.05) is 27.9 Å². The van der Waals surface area contributed by atoms with E-state index in [9.17, 15) is 9.59 Å². The van der Waals surface area contributed by atoms with E-state index in [1.807, 2.05) is 0 Å². The van der Waals surface area contributed by atoms with Gasteiger partial charge >= 0.3 is 5.97 Å². The van der Waals surface area contributed by atoms with Crippen LogP contribution < -0.4 is 29.1 Å². The highest BCUT2D eigenvalue weighted by atomic mass is 79.9. The van der Waals surface area contributed by atoms with E-state index < -0.39 is 12.0 Å². The second kappa shape index (κ2) is 10.7. The number of halogens is 2. The van der Waals surface area contributed by atoms with Crippen LogP contribution in [0.15, 0.2) is 52.8 Å². The van der Waals surface area contributed by atoms with Crippen molar-refractivity contribution in [2.24, 2.45) is 4.99 Å². The average Bonchev–Trinajstić information content (AvgIpc) is 3.33. The number of hydrogen-bond acceptors (Lipinski definition) is 9. The van der Waals surface area contributed by atoms with Crippen molar-refractivity contribution in [2.45, 2.75) is 19.9 Å². The number of methoxy groups -OCH3 is 3. The van der Waals surface area contributed by atoms with Gasteiger partial charge in [-0.2, -0.15) is 0 Å². The van der Waals surface area contributed by atoms with Gasteiger partial charge < -0.3 is 23.4 Å². The van der Waals surface area contributed by atoms with Crippen LogP contribution in [0.4, 0.5) is 0 Å². The van der Waals surface area contributed by atoms with E-state index in [-0.39, 0.29) is 17.7 Å². The van der Waals surface area contributed by atoms with Crippen molar-refractivity contribution < 1.29 is 28.2 Å². The van der Waals surface area contributed by atoms with Gasteiger partial charge in [-0.05, 0) is 69.5 Å². The Morgan fingerprint density at radius 1 is 1.17 bits per heavy atom. The molecule has 12 heteroatoms. The highest BCUT2D eigenvalue weighted by Gasteiger charge is 2.34. The fraction of sp³-hybridized carbons (Fsp3) is 0.292. The number of thiazole rings is 1. The number of ether oxygens (including phenoxy) is 4. The van der Waals surface area contributed by atoms with Crippen molar-refractivity contribution in [1.82, 2.24) is 4.57 Å². The van der Waals surface area contributed by atoms with Crippen molar-refractivity contribution >= 4 is 55.2 Å². The Morgan fingerprint density at radius 2 is 1.83 bits per heavy atom. The maximum absolute atomic E-state index is 13.7. The van der Waals surface area contributed by atoms with Crippen LogP contribution in [0, 0.1) is 0 Å². The summed E-state index contributed by atoms with van der Waals surface area (Å²) < 4.78 is 30.6. The normalized spacial score (nSPS) is 15.4. The third-order valence-corrected chi connectivity index (χ3v) is 8.15. The molecule has 9 nitrogen and oxygen atoms in total. The molecule has 0 radical (unpaired) electrons. The average molecular weight is 642 g/mol. The SMILES string of the molecule is CCOC(=O)C1=C(C)N=c2s/c(=C/c3cc(Br)c(Br)o3)c(=O)n2[C@@H]1c1cc(OC)c(OC)c(OC)c1. The maximum atomic E-state index is 13.7. The van der Waals surface area contributed by atoms with Gasteiger partial charge in [0, 0.05) is 6.08 Å². The quantitative estimate of drug-likeness (QED) is 0.360. The summed E-state index contributed by atoms with van der Waals surface area (Å²) in [5, 5.41) is 0. The second-order valence-electron chi connectivity index (χ2n) is 7.53. The number of nitrogens with zero attached hydrogens (tertiary/aromatic N) is 2. The zero-order chi connectivity index (χ0) is 26.1. The lowest BCUT2D eigenvalue weighted by molar-refractivity contribution is -0.139. The van der Waals surface area contributed by atoms with Crippen LogP contribution >= 0.6 is 43.2 Å². The molecule has 1 aliphatic rings. The zero-order valence-electron chi connectivity index (χ0n) is 20.0. The van der Waals surface area contributed by atoms with Crippen LogP contribution in [-0.4, -0.2) is 38.5 Å². The third kappa shape index (κ3) is 4.64. The molecule has 36 heavy (non-hydrogen) atoms. The standard InChI is InChI=1S/C24H22Br2N2O7S/c1-6-34-23(30)18-11(2)27-24-28(22(29)17(36-24)10-13-9-14(25)21(26)35-13)19(18)12-7-15(31-3)20(33-5)16(8-12)32-4/h7-10,19H,6H2,1-5H3/b17-10+/t19-/m1/s1. The smallest absolute Gasteiger partial charge is 0.338 e. The summed E-state index contributed by atoms with van der Waals surface area (Å²) in [4.78, 5) is 31.8. The van der Waals surface area contributed by atoms with E-state index in [1.165, 1.54) is 37.2 Å². The number of carbonyl (C=O) groups excluding carboxylic acids is 1. The molecule has 0 fully saturated rings. The maximum Gasteiger partial charge on any atom is 0.338 e. The molecule has 4 rings (SSSR count). The Labute approximate surface area is 226 Å². The van der Waals surface area contributed by atoms with Gasteiger partial charge in [-0.3, -0.25) is 9.36 Å². The number of aromatic nitrogens is 1. The first-order chi connectivity index (χ1) is 17.2. The van der Waals surface area contributed by atoms with Crippen LogP contribution in [0.5, 0.6) is 17.2 Å². The number of rotatable bonds is 7. The van der Waals surface area contributed by atoms with Crippen molar-refractivity contribution in [3.8, 4) is 17.2 Å². The summed E-state index contributed by atoms with van der Waals surface area (Å²) in [5.74, 6) is 1.08. The lowest BCUT2D eigenvalue weighted by Gasteiger charge is -2.26. The monoisotopic (exact) mass is 640 g/mol. The van der Waals surface area contributed by atoms with E-state index in [1.54, 1.807) is 38.1 Å². The first-order valence-electron chi connectivity index (χ1n) is 10.7. The van der Waals surface area contributed by atoms with Gasteiger partial charge in [0.2, 0.25) is 5.75 Å². The molecule has 190 valence electrons. The molecule has 1 atom stereocenters. The van der Waals surface area contributed by atoms with Gasteiger partial charge in [0.05, 0.1) is 54.3 Å². The lowest BCUT2D eigenvalue weighted by Crippen LogP contribution is -2.40. The number of carbonyl (C=O) groups is 1. The molecule has 3 heterocycles. The number of allylic oxidation sites excluding steroid dienone is 1. The van der Waals surface area contributed by atoms with Gasteiger partial charge in [-0.15, -0.1) is 0 Å². The van der Waals surface area contributed by atoms with E-state index in [0.717, 1.165) is 4.47 Å². The Bertz CT molecular complexity index is 1510. The van der Waals surface area contributed by atoms with Crippen LogP contribution in [0.25, 0.3) is 6.08 Å². The van der Waals surface area contributed by atoms with Crippen molar-refractivity contribution in [3.63, 3.8) is 0 Å². The fourth-order valence-electron chi connectivity index (χ4n) is 3.93. The molecule has 0 bridgehead atoms. The van der Waals surface area contributed by atoms with E-state index >= 15 is 0 Å². The molecule has 0 unspecified atom stereocenters. The zero-order valence-corrected chi connectivity index (χ0v) is 24.0. The van der Waals surface area contributed by atoms with Crippen LogP contribution in [-0.2, 0) is 9.53 Å². The first kappa shape index (κ1) is 26.2. The molecule has 1 aromatic carbocycles. The topological polar surface area (TPSA) is 101 Å². The molecule has 0 spiro atoms. The van der Waals surface area contributed by atoms with E-state index in [2.05, 4.69) is 36.9 Å². The fourth-order valence-corrected chi connectivity index (χ4v) is 5.56. The Balaban J connectivity index is 2.02. The number of esters is 1. The largest absolute Gasteiger partial charge is 0.493 e. The Kier molecular flexibility index (Phi) is 7.76. The first-order valence-corrected chi connectivity index (χ1v) is 13.1. The summed E-state index contributed by atoms with van der Waals surface area (Å²) in [6, 6.07) is 4.32. The molecule has 2 aromatic heterocycles. The molecule has 3 aromatic rings. The molecule has 1 aliphatic heterocycles. The summed E-state index contributed by atoms with van der Waals surface area (Å²) in [5.41, 5.74) is 0.922. The van der Waals surface area contributed by atoms with Crippen molar-refractivity contribution in [1.29, 1.82) is 0 Å². The van der Waals surface area contributed by atoms with Gasteiger partial charge in [-0.25, -0.2) is 9.79 Å². The molecule has 0 N–H and O–H groups in total. The molecule has 0 aliphatic carbocycles. The minimum absolute atomic E-state index is 0.171. The second-order valence-corrected chi connectivity index (χ2v) is 10.1. The van der Waals surface area contributed by atoms with Crippen LogP contribution in [0.1, 0.15) is 31.2 Å². The van der Waals surface area contributed by atoms with E-state index in [4.69, 9.17) is 23.4 Å². The molecule has 0 saturated heterocycles. The molecular formula is C24H22Br2N2O7S. The third-order valence-electron chi connectivity index (χ3n) is 5.46. The van der Waals surface area contributed by atoms with Gasteiger partial charge in [0.25, 0.3) is 5.56 Å². The molecule has 0 saturated carbocycles. The van der Waals surface area contributed by atoms with Gasteiger partial charge in [0.15, 0.2) is 21.0 Å². The highest BCUT2D eigenvalue weighted by Crippen LogP contribution is 2.42. The predicted octanol–water partition coefficient (Wildman–Crippen LogP) is 3.94. The Morgan fingerprint density at radius 3 is 2.36 bits per heavy atom. The van der Waals surface area contributed by atoms with Crippen LogP contribution in [0.3, 0.4) is 0 Å². The Hall–Kier alpha value is -2.83. The summed E-state index contributed by atoms with van der Waals surface area (Å²) >= 11 is 7.88. The summed E-state index contributed by atoms with van der Waals surface area (Å²) in [6.45, 7) is 3.61. The minimum atomic E-state index is -0.841. The van der Waals surface area contributed by atoms with Crippen molar-refractivity contribution in [3.05, 3.63) is 69.6 Å². The summed E-state index contributed by atoms with van der Waals surface area (Å²) in [6.07, 6.45) is 1.63. The number of hydrogen-bond donors (Lipinski definition) is 0. The van der Waals surface area contributed by atoms with Crippen LogP contribution in [0.2, 0.25) is 0 Å².